The van der Waals surface area contributed by atoms with Gasteiger partial charge in [-0.2, -0.15) is 0 Å². The monoisotopic (exact) mass is 449 g/mol. The van der Waals surface area contributed by atoms with Crippen LogP contribution >= 0.6 is 0 Å². The Morgan fingerprint density at radius 2 is 2.00 bits per heavy atom. The first-order chi connectivity index (χ1) is 16.1. The van der Waals surface area contributed by atoms with Crippen molar-refractivity contribution in [1.82, 2.24) is 25.2 Å². The molecule has 1 fully saturated rings. The number of piperidine rings is 1. The molecule has 2 aromatic carbocycles. The number of para-hydroxylation sites is 2. The molecule has 0 unspecified atom stereocenters. The van der Waals surface area contributed by atoms with E-state index in [4.69, 9.17) is 4.74 Å². The fraction of sp³-hybridized carbons (Fsp3) is 0.360. The summed E-state index contributed by atoms with van der Waals surface area (Å²) in [6, 6.07) is 13.0. The Morgan fingerprint density at radius 3 is 2.79 bits per heavy atom. The lowest BCUT2D eigenvalue weighted by atomic mass is 10.0. The minimum atomic E-state index is -0.599. The summed E-state index contributed by atoms with van der Waals surface area (Å²) in [6.45, 7) is 2.95. The molecule has 8 heteroatoms. The van der Waals surface area contributed by atoms with Gasteiger partial charge in [0.05, 0.1) is 25.3 Å². The number of β-amino-alcohol motifs (C(OH)–C–C–N with tert-alkyl or cyclic N) is 1. The van der Waals surface area contributed by atoms with Crippen molar-refractivity contribution in [3.63, 3.8) is 0 Å². The first-order valence-corrected chi connectivity index (χ1v) is 11.3. The number of aliphatic hydroxyl groups is 1. The van der Waals surface area contributed by atoms with E-state index in [9.17, 15) is 9.50 Å². The molecule has 1 atom stereocenters. The second-order valence-corrected chi connectivity index (χ2v) is 8.55. The van der Waals surface area contributed by atoms with Gasteiger partial charge in [0.2, 0.25) is 0 Å². The second kappa shape index (κ2) is 9.43. The van der Waals surface area contributed by atoms with Gasteiger partial charge >= 0.3 is 0 Å². The maximum Gasteiger partial charge on any atom is 0.151 e. The van der Waals surface area contributed by atoms with Crippen molar-refractivity contribution < 1.29 is 14.2 Å². The standard InChI is InChI=1S/C25H28FN5O2/c1-33-22-7-2-4-18-17(8-11-27-24(18)22)21(32)15-31-12-9-16(10-13-31)28-14-23-29-20-6-3-5-19(26)25(20)30-23/h2-8,11,16,21,28,32H,9-10,12-15H2,1H3,(H,29,30)/t21-/m0/s1. The highest BCUT2D eigenvalue weighted by Crippen LogP contribution is 2.29. The first kappa shape index (κ1) is 21.8. The lowest BCUT2D eigenvalue weighted by Crippen LogP contribution is -2.43. The van der Waals surface area contributed by atoms with E-state index in [-0.39, 0.29) is 5.82 Å². The molecule has 1 aliphatic heterocycles. The highest BCUT2D eigenvalue weighted by molar-refractivity contribution is 5.87. The van der Waals surface area contributed by atoms with Crippen LogP contribution in [0.15, 0.2) is 48.7 Å². The number of aliphatic hydroxyl groups excluding tert-OH is 1. The molecule has 2 aromatic heterocycles. The summed E-state index contributed by atoms with van der Waals surface area (Å²) in [5, 5.41) is 15.4. The van der Waals surface area contributed by atoms with Gasteiger partial charge in [0.15, 0.2) is 5.82 Å². The molecular formula is C25H28FN5O2. The average Bonchev–Trinajstić information content (AvgIpc) is 3.27. The topological polar surface area (TPSA) is 86.3 Å². The maximum atomic E-state index is 13.8. The summed E-state index contributed by atoms with van der Waals surface area (Å²) in [4.78, 5) is 14.3. The number of rotatable bonds is 7. The Hall–Kier alpha value is -3.07. The van der Waals surface area contributed by atoms with Gasteiger partial charge < -0.3 is 25.0 Å². The number of H-pyrrole nitrogens is 1. The molecule has 7 nitrogen and oxygen atoms in total. The van der Waals surface area contributed by atoms with E-state index in [1.165, 1.54) is 6.07 Å². The molecule has 33 heavy (non-hydrogen) atoms. The van der Waals surface area contributed by atoms with Gasteiger partial charge in [-0.25, -0.2) is 9.37 Å². The van der Waals surface area contributed by atoms with E-state index < -0.39 is 6.10 Å². The van der Waals surface area contributed by atoms with E-state index >= 15 is 0 Å². The summed E-state index contributed by atoms with van der Waals surface area (Å²) in [7, 11) is 1.63. The third-order valence-corrected chi connectivity index (χ3v) is 6.44. The molecule has 0 radical (unpaired) electrons. The van der Waals surface area contributed by atoms with Gasteiger partial charge in [-0.15, -0.1) is 0 Å². The number of likely N-dealkylation sites (tertiary alicyclic amines) is 1. The predicted molar refractivity (Wildman–Crippen MR) is 126 cm³/mol. The number of aromatic nitrogens is 3. The fourth-order valence-electron chi connectivity index (χ4n) is 4.66. The highest BCUT2D eigenvalue weighted by atomic mass is 19.1. The number of ether oxygens (including phenoxy) is 1. The second-order valence-electron chi connectivity index (χ2n) is 8.55. The molecule has 0 bridgehead atoms. The van der Waals surface area contributed by atoms with E-state index in [0.717, 1.165) is 53.7 Å². The van der Waals surface area contributed by atoms with Gasteiger partial charge in [-0.3, -0.25) is 4.98 Å². The number of fused-ring (bicyclic) bond motifs is 2. The zero-order chi connectivity index (χ0) is 22.8. The molecule has 4 aromatic rings. The van der Waals surface area contributed by atoms with Crippen LogP contribution in [-0.2, 0) is 6.54 Å². The maximum absolute atomic E-state index is 13.8. The lowest BCUT2D eigenvalue weighted by molar-refractivity contribution is 0.0948. The van der Waals surface area contributed by atoms with Crippen LogP contribution in [0, 0.1) is 5.82 Å². The van der Waals surface area contributed by atoms with Crippen molar-refractivity contribution in [2.75, 3.05) is 26.7 Å². The van der Waals surface area contributed by atoms with Crippen molar-refractivity contribution in [2.45, 2.75) is 31.5 Å². The minimum absolute atomic E-state index is 0.303. The number of pyridine rings is 1. The molecule has 0 aliphatic carbocycles. The number of hydrogen-bond donors (Lipinski definition) is 3. The van der Waals surface area contributed by atoms with Crippen molar-refractivity contribution in [3.8, 4) is 5.75 Å². The summed E-state index contributed by atoms with van der Waals surface area (Å²) >= 11 is 0. The number of halogens is 1. The Morgan fingerprint density at radius 1 is 1.18 bits per heavy atom. The number of imidazole rings is 1. The number of nitrogens with one attached hydrogen (secondary N) is 2. The van der Waals surface area contributed by atoms with Crippen LogP contribution in [0.5, 0.6) is 5.75 Å². The number of aromatic amines is 1. The van der Waals surface area contributed by atoms with Crippen LogP contribution in [0.1, 0.15) is 30.3 Å². The minimum Gasteiger partial charge on any atom is -0.494 e. The number of hydrogen-bond acceptors (Lipinski definition) is 6. The highest BCUT2D eigenvalue weighted by Gasteiger charge is 2.23. The van der Waals surface area contributed by atoms with Gasteiger partial charge in [-0.1, -0.05) is 18.2 Å². The average molecular weight is 450 g/mol. The van der Waals surface area contributed by atoms with Crippen LogP contribution in [-0.4, -0.2) is 57.7 Å². The molecular weight excluding hydrogens is 421 g/mol. The van der Waals surface area contributed by atoms with Crippen LogP contribution < -0.4 is 10.1 Å². The molecule has 1 aliphatic rings. The van der Waals surface area contributed by atoms with Crippen LogP contribution in [0.25, 0.3) is 21.9 Å². The van der Waals surface area contributed by atoms with Crippen LogP contribution in [0.2, 0.25) is 0 Å². The first-order valence-electron chi connectivity index (χ1n) is 11.3. The van der Waals surface area contributed by atoms with Crippen molar-refractivity contribution in [3.05, 3.63) is 65.9 Å². The molecule has 3 N–H and O–H groups in total. The van der Waals surface area contributed by atoms with Crippen molar-refractivity contribution >= 4 is 21.9 Å². The van der Waals surface area contributed by atoms with Gasteiger partial charge in [-0.05, 0) is 55.8 Å². The number of methoxy groups -OCH3 is 1. The molecule has 0 spiro atoms. The quantitative estimate of drug-likeness (QED) is 0.400. The molecule has 172 valence electrons. The molecule has 3 heterocycles. The number of nitrogens with zero attached hydrogens (tertiary/aromatic N) is 3. The lowest BCUT2D eigenvalue weighted by Gasteiger charge is -2.33. The smallest absolute Gasteiger partial charge is 0.151 e. The SMILES string of the molecule is COc1cccc2c([C@@H](O)CN3CCC(NCc4nc5c(F)cccc5[nH]4)CC3)ccnc12. The van der Waals surface area contributed by atoms with E-state index in [1.807, 2.05) is 30.3 Å². The Balaban J connectivity index is 1.16. The van der Waals surface area contributed by atoms with Crippen LogP contribution in [0.4, 0.5) is 4.39 Å². The molecule has 0 amide bonds. The van der Waals surface area contributed by atoms with Crippen molar-refractivity contribution in [2.24, 2.45) is 0 Å². The van der Waals surface area contributed by atoms with Gasteiger partial charge in [0.25, 0.3) is 0 Å². The Bertz CT molecular complexity index is 1250. The van der Waals surface area contributed by atoms with E-state index in [1.54, 1.807) is 19.4 Å². The zero-order valence-corrected chi connectivity index (χ0v) is 18.6. The van der Waals surface area contributed by atoms with Gasteiger partial charge in [0, 0.05) is 24.2 Å². The summed E-state index contributed by atoms with van der Waals surface area (Å²) in [5.74, 6) is 1.15. The predicted octanol–water partition coefficient (Wildman–Crippen LogP) is 3.55. The van der Waals surface area contributed by atoms with Crippen molar-refractivity contribution in [1.29, 1.82) is 0 Å². The third kappa shape index (κ3) is 4.55. The molecule has 5 rings (SSSR count). The molecule has 1 saturated heterocycles. The summed E-state index contributed by atoms with van der Waals surface area (Å²) in [5.41, 5.74) is 2.75. The zero-order valence-electron chi connectivity index (χ0n) is 18.6. The fourth-order valence-corrected chi connectivity index (χ4v) is 4.66. The van der Waals surface area contributed by atoms with Gasteiger partial charge in [0.1, 0.15) is 22.6 Å². The summed E-state index contributed by atoms with van der Waals surface area (Å²) in [6.07, 6.45) is 3.08. The third-order valence-electron chi connectivity index (χ3n) is 6.44. The van der Waals surface area contributed by atoms with Crippen LogP contribution in [0.3, 0.4) is 0 Å². The summed E-state index contributed by atoms with van der Waals surface area (Å²) < 4.78 is 19.3. The largest absolute Gasteiger partial charge is 0.494 e. The molecule has 0 saturated carbocycles. The Kier molecular flexibility index (Phi) is 6.22. The Labute approximate surface area is 191 Å². The van der Waals surface area contributed by atoms with E-state index in [0.29, 0.717) is 30.4 Å². The number of benzene rings is 2. The van der Waals surface area contributed by atoms with E-state index in [2.05, 4.69) is 25.2 Å². The normalized spacial score (nSPS) is 16.5.